The maximum Gasteiger partial charge on any atom is 0.252 e. The van der Waals surface area contributed by atoms with Crippen LogP contribution in [0.15, 0.2) is 42.7 Å². The van der Waals surface area contributed by atoms with Crippen molar-refractivity contribution in [3.8, 4) is 11.1 Å². The zero-order valence-electron chi connectivity index (χ0n) is 13.8. The van der Waals surface area contributed by atoms with E-state index in [1.54, 1.807) is 12.4 Å². The molecular weight excluding hydrogens is 272 g/mol. The van der Waals surface area contributed by atoms with Crippen molar-refractivity contribution in [2.75, 3.05) is 6.54 Å². The molecule has 3 heteroatoms. The number of rotatable bonds is 4. The van der Waals surface area contributed by atoms with Crippen LogP contribution in [0.3, 0.4) is 0 Å². The van der Waals surface area contributed by atoms with Gasteiger partial charge in [0.25, 0.3) is 5.91 Å². The number of nitrogens with zero attached hydrogens (tertiary/aromatic N) is 1. The Morgan fingerprint density at radius 3 is 2.36 bits per heavy atom. The lowest BCUT2D eigenvalue weighted by atomic mass is 9.86. The van der Waals surface area contributed by atoms with Gasteiger partial charge in [-0.1, -0.05) is 52.0 Å². The van der Waals surface area contributed by atoms with Gasteiger partial charge in [-0.15, -0.1) is 0 Å². The highest BCUT2D eigenvalue weighted by atomic mass is 16.1. The summed E-state index contributed by atoms with van der Waals surface area (Å²) in [7, 11) is 0. The standard InChI is InChI=1S/C19H24N2O/c1-5-10-21-18(22)16-11-15(12-20-13-16)14-6-8-17(9-7-14)19(2,3)4/h6-9,11-13H,5,10H2,1-4H3,(H,21,22). The predicted octanol–water partition coefficient (Wildman–Crippen LogP) is 4.19. The molecule has 0 aliphatic rings. The molecule has 0 atom stereocenters. The van der Waals surface area contributed by atoms with Gasteiger partial charge in [-0.05, 0) is 29.0 Å². The van der Waals surface area contributed by atoms with Crippen LogP contribution < -0.4 is 5.32 Å². The third-order valence-electron chi connectivity index (χ3n) is 3.62. The summed E-state index contributed by atoms with van der Waals surface area (Å²) in [4.78, 5) is 16.2. The molecule has 1 amide bonds. The average Bonchev–Trinajstić information content (AvgIpc) is 2.52. The molecule has 2 aromatic rings. The van der Waals surface area contributed by atoms with E-state index in [-0.39, 0.29) is 11.3 Å². The fourth-order valence-corrected chi connectivity index (χ4v) is 2.23. The summed E-state index contributed by atoms with van der Waals surface area (Å²) in [5, 5.41) is 2.88. The van der Waals surface area contributed by atoms with Crippen LogP contribution >= 0.6 is 0 Å². The van der Waals surface area contributed by atoms with E-state index in [0.717, 1.165) is 17.5 Å². The molecule has 3 nitrogen and oxygen atoms in total. The average molecular weight is 296 g/mol. The summed E-state index contributed by atoms with van der Waals surface area (Å²) in [5.41, 5.74) is 4.07. The number of carbonyl (C=O) groups excluding carboxylic acids is 1. The van der Waals surface area contributed by atoms with Crippen LogP contribution in [-0.2, 0) is 5.41 Å². The molecule has 2 rings (SSSR count). The lowest BCUT2D eigenvalue weighted by Crippen LogP contribution is -2.24. The van der Waals surface area contributed by atoms with Gasteiger partial charge in [-0.2, -0.15) is 0 Å². The third-order valence-corrected chi connectivity index (χ3v) is 3.62. The summed E-state index contributed by atoms with van der Waals surface area (Å²) in [6.07, 6.45) is 4.33. The first kappa shape index (κ1) is 16.2. The minimum Gasteiger partial charge on any atom is -0.352 e. The highest BCUT2D eigenvalue weighted by Gasteiger charge is 2.13. The van der Waals surface area contributed by atoms with Crippen molar-refractivity contribution in [1.29, 1.82) is 0 Å². The van der Waals surface area contributed by atoms with Gasteiger partial charge in [0.05, 0.1) is 5.56 Å². The highest BCUT2D eigenvalue weighted by Crippen LogP contribution is 2.26. The summed E-state index contributed by atoms with van der Waals surface area (Å²) in [6.45, 7) is 9.31. The smallest absolute Gasteiger partial charge is 0.252 e. The van der Waals surface area contributed by atoms with E-state index in [9.17, 15) is 4.79 Å². The lowest BCUT2D eigenvalue weighted by Gasteiger charge is -2.19. The van der Waals surface area contributed by atoms with Crippen LogP contribution in [0.1, 0.15) is 50.0 Å². The van der Waals surface area contributed by atoms with Crippen LogP contribution in [0, 0.1) is 0 Å². The molecule has 0 bridgehead atoms. The lowest BCUT2D eigenvalue weighted by molar-refractivity contribution is 0.0953. The summed E-state index contributed by atoms with van der Waals surface area (Å²) < 4.78 is 0. The Morgan fingerprint density at radius 1 is 1.09 bits per heavy atom. The van der Waals surface area contributed by atoms with Crippen molar-refractivity contribution >= 4 is 5.91 Å². The van der Waals surface area contributed by atoms with Crippen LogP contribution in [0.2, 0.25) is 0 Å². The summed E-state index contributed by atoms with van der Waals surface area (Å²) >= 11 is 0. The van der Waals surface area contributed by atoms with E-state index in [2.05, 4.69) is 55.3 Å². The molecule has 0 radical (unpaired) electrons. The van der Waals surface area contributed by atoms with Gasteiger partial charge >= 0.3 is 0 Å². The normalized spacial score (nSPS) is 11.3. The molecule has 1 aromatic carbocycles. The number of hydrogen-bond donors (Lipinski definition) is 1. The van der Waals surface area contributed by atoms with E-state index >= 15 is 0 Å². The zero-order chi connectivity index (χ0) is 16.2. The second kappa shape index (κ2) is 6.73. The summed E-state index contributed by atoms with van der Waals surface area (Å²) in [5.74, 6) is -0.0671. The van der Waals surface area contributed by atoms with Gasteiger partial charge < -0.3 is 5.32 Å². The maximum absolute atomic E-state index is 12.0. The van der Waals surface area contributed by atoms with E-state index in [1.807, 2.05) is 13.0 Å². The molecule has 1 N–H and O–H groups in total. The number of amides is 1. The fourth-order valence-electron chi connectivity index (χ4n) is 2.23. The largest absolute Gasteiger partial charge is 0.352 e. The number of pyridine rings is 1. The molecule has 0 aliphatic heterocycles. The van der Waals surface area contributed by atoms with Crippen LogP contribution in [0.25, 0.3) is 11.1 Å². The van der Waals surface area contributed by atoms with Crippen molar-refractivity contribution in [3.63, 3.8) is 0 Å². The Bertz CT molecular complexity index is 639. The van der Waals surface area contributed by atoms with Crippen LogP contribution in [0.4, 0.5) is 0 Å². The molecule has 0 aliphatic carbocycles. The summed E-state index contributed by atoms with van der Waals surface area (Å²) in [6, 6.07) is 10.3. The van der Waals surface area contributed by atoms with Gasteiger partial charge in [-0.3, -0.25) is 9.78 Å². The molecule has 0 unspecified atom stereocenters. The maximum atomic E-state index is 12.0. The highest BCUT2D eigenvalue weighted by molar-refractivity contribution is 5.95. The Hall–Kier alpha value is -2.16. The molecule has 116 valence electrons. The quantitative estimate of drug-likeness (QED) is 0.919. The second-order valence-electron chi connectivity index (χ2n) is 6.55. The third kappa shape index (κ3) is 3.94. The number of aromatic nitrogens is 1. The van der Waals surface area contributed by atoms with Crippen molar-refractivity contribution < 1.29 is 4.79 Å². The Balaban J connectivity index is 2.24. The van der Waals surface area contributed by atoms with Gasteiger partial charge in [0.2, 0.25) is 0 Å². The number of hydrogen-bond acceptors (Lipinski definition) is 2. The monoisotopic (exact) mass is 296 g/mol. The molecule has 0 spiro atoms. The minimum atomic E-state index is -0.0671. The first-order chi connectivity index (χ1) is 10.4. The van der Waals surface area contributed by atoms with E-state index in [0.29, 0.717) is 12.1 Å². The van der Waals surface area contributed by atoms with Crippen molar-refractivity contribution in [2.24, 2.45) is 0 Å². The molecule has 0 saturated heterocycles. The molecule has 0 saturated carbocycles. The Morgan fingerprint density at radius 2 is 1.77 bits per heavy atom. The first-order valence-electron chi connectivity index (χ1n) is 7.76. The van der Waals surface area contributed by atoms with Crippen molar-refractivity contribution in [1.82, 2.24) is 10.3 Å². The Labute approximate surface area is 132 Å². The van der Waals surface area contributed by atoms with Crippen molar-refractivity contribution in [3.05, 3.63) is 53.9 Å². The number of benzene rings is 1. The molecule has 1 heterocycles. The SMILES string of the molecule is CCCNC(=O)c1cncc(-c2ccc(C(C)(C)C)cc2)c1. The van der Waals surface area contributed by atoms with Gasteiger partial charge in [0.15, 0.2) is 0 Å². The van der Waals surface area contributed by atoms with Crippen LogP contribution in [0.5, 0.6) is 0 Å². The number of nitrogens with one attached hydrogen (secondary N) is 1. The first-order valence-corrected chi connectivity index (χ1v) is 7.76. The van der Waals surface area contributed by atoms with E-state index < -0.39 is 0 Å². The molecule has 22 heavy (non-hydrogen) atoms. The molecular formula is C19H24N2O. The number of carbonyl (C=O) groups is 1. The molecule has 0 fully saturated rings. The van der Waals surface area contributed by atoms with Gasteiger partial charge in [0.1, 0.15) is 0 Å². The van der Waals surface area contributed by atoms with Gasteiger partial charge in [0, 0.05) is 24.5 Å². The topological polar surface area (TPSA) is 42.0 Å². The van der Waals surface area contributed by atoms with Crippen molar-refractivity contribution in [2.45, 2.75) is 39.5 Å². The van der Waals surface area contributed by atoms with E-state index in [1.165, 1.54) is 5.56 Å². The second-order valence-corrected chi connectivity index (χ2v) is 6.55. The molecule has 1 aromatic heterocycles. The predicted molar refractivity (Wildman–Crippen MR) is 91.0 cm³/mol. The van der Waals surface area contributed by atoms with E-state index in [4.69, 9.17) is 0 Å². The van der Waals surface area contributed by atoms with Crippen LogP contribution in [-0.4, -0.2) is 17.4 Å². The van der Waals surface area contributed by atoms with Gasteiger partial charge in [-0.25, -0.2) is 0 Å². The minimum absolute atomic E-state index is 0.0671. The fraction of sp³-hybridized carbons (Fsp3) is 0.368. The Kier molecular flexibility index (Phi) is 4.96. The zero-order valence-corrected chi connectivity index (χ0v) is 13.8.